The van der Waals surface area contributed by atoms with Crippen LogP contribution >= 0.6 is 0 Å². The summed E-state index contributed by atoms with van der Waals surface area (Å²) in [7, 11) is 1.63. The highest BCUT2D eigenvalue weighted by Crippen LogP contribution is 2.31. The average Bonchev–Trinajstić information content (AvgIpc) is 2.94. The van der Waals surface area contributed by atoms with Crippen LogP contribution in [0.25, 0.3) is 0 Å². The van der Waals surface area contributed by atoms with Crippen LogP contribution in [0.3, 0.4) is 0 Å². The Kier molecular flexibility index (Phi) is 9.71. The van der Waals surface area contributed by atoms with Crippen LogP contribution in [0.1, 0.15) is 49.7 Å². The first kappa shape index (κ1) is 27.6. The van der Waals surface area contributed by atoms with E-state index in [4.69, 9.17) is 4.74 Å². The highest BCUT2D eigenvalue weighted by molar-refractivity contribution is 5.92. The number of ether oxygens (including phenoxy) is 1. The summed E-state index contributed by atoms with van der Waals surface area (Å²) in [4.78, 5) is 17.3. The number of hydrogen-bond acceptors (Lipinski definition) is 3. The van der Waals surface area contributed by atoms with E-state index in [2.05, 4.69) is 10.2 Å². The Morgan fingerprint density at radius 1 is 0.947 bits per heavy atom. The van der Waals surface area contributed by atoms with Crippen molar-refractivity contribution in [2.45, 2.75) is 44.6 Å². The maximum Gasteiger partial charge on any atom is 0.322 e. The lowest BCUT2D eigenvalue weighted by Crippen LogP contribution is -2.51. The normalized spacial score (nSPS) is 14.4. The summed E-state index contributed by atoms with van der Waals surface area (Å²) in [6.45, 7) is 5.27. The molecule has 1 aliphatic heterocycles. The summed E-state index contributed by atoms with van der Waals surface area (Å²) < 4.78 is 32.3. The molecule has 7 heteroatoms. The molecule has 1 aliphatic rings. The number of benzene rings is 3. The molecule has 0 radical (unpaired) electrons. The summed E-state index contributed by atoms with van der Waals surface area (Å²) in [5.74, 6) is 0.326. The second-order valence-corrected chi connectivity index (χ2v) is 9.77. The van der Waals surface area contributed by atoms with Crippen LogP contribution < -0.4 is 15.0 Å². The van der Waals surface area contributed by atoms with Gasteiger partial charge in [-0.1, -0.05) is 24.3 Å². The van der Waals surface area contributed by atoms with Gasteiger partial charge in [-0.2, -0.15) is 0 Å². The second kappa shape index (κ2) is 13.4. The molecule has 0 unspecified atom stereocenters. The Hall–Kier alpha value is -3.45. The van der Waals surface area contributed by atoms with E-state index in [0.717, 1.165) is 67.9 Å². The number of halogens is 2. The molecule has 0 aromatic heterocycles. The van der Waals surface area contributed by atoms with Gasteiger partial charge in [0.25, 0.3) is 0 Å². The molecular weight excluding hydrogens is 484 g/mol. The molecule has 5 nitrogen and oxygen atoms in total. The number of hydrogen-bond donors (Lipinski definition) is 1. The van der Waals surface area contributed by atoms with Crippen molar-refractivity contribution in [1.82, 2.24) is 10.2 Å². The molecule has 1 N–H and O–H groups in total. The predicted octanol–water partition coefficient (Wildman–Crippen LogP) is 6.59. The van der Waals surface area contributed by atoms with Crippen molar-refractivity contribution in [2.24, 2.45) is 0 Å². The number of piperidine rings is 1. The van der Waals surface area contributed by atoms with E-state index < -0.39 is 0 Å². The number of carbonyl (C=O) groups excluding carboxylic acids is 1. The maximum atomic E-state index is 13.5. The van der Waals surface area contributed by atoms with E-state index >= 15 is 0 Å². The van der Waals surface area contributed by atoms with Crippen LogP contribution in [0.15, 0.2) is 72.8 Å². The van der Waals surface area contributed by atoms with Crippen molar-refractivity contribution in [2.75, 3.05) is 38.2 Å². The number of rotatable bonds is 10. The highest BCUT2D eigenvalue weighted by atomic mass is 19.1. The second-order valence-electron chi connectivity index (χ2n) is 9.77. The molecule has 3 aromatic carbocycles. The summed E-state index contributed by atoms with van der Waals surface area (Å²) in [6, 6.07) is 20.9. The first-order valence-electron chi connectivity index (χ1n) is 13.4. The number of nitrogens with one attached hydrogen (secondary N) is 1. The van der Waals surface area contributed by atoms with Gasteiger partial charge in [0.15, 0.2) is 0 Å². The molecule has 1 saturated heterocycles. The fourth-order valence-corrected chi connectivity index (χ4v) is 5.31. The third kappa shape index (κ3) is 7.10. The van der Waals surface area contributed by atoms with Crippen LogP contribution in [-0.4, -0.2) is 50.3 Å². The van der Waals surface area contributed by atoms with E-state index in [9.17, 15) is 13.6 Å². The zero-order valence-electron chi connectivity index (χ0n) is 22.2. The highest BCUT2D eigenvalue weighted by Gasteiger charge is 2.29. The van der Waals surface area contributed by atoms with Crippen molar-refractivity contribution >= 4 is 11.7 Å². The predicted molar refractivity (Wildman–Crippen MR) is 148 cm³/mol. The number of urea groups is 1. The number of carbonyl (C=O) groups is 1. The Morgan fingerprint density at radius 3 is 2.00 bits per heavy atom. The van der Waals surface area contributed by atoms with Crippen molar-refractivity contribution in [3.8, 4) is 5.75 Å². The standard InChI is InChI=1S/C31H37F2N3O2/c1-3-34-31(37)36(27-14-16-29(38-2)17-15-27)28-18-21-35(22-19-28)20-4-5-30(23-6-10-25(32)11-7-23)24-8-12-26(33)13-9-24/h6-17,28,30H,3-5,18-22H2,1-2H3,(H,34,37). The van der Waals surface area contributed by atoms with Gasteiger partial charge in [-0.3, -0.25) is 4.90 Å². The zero-order valence-corrected chi connectivity index (χ0v) is 22.2. The van der Waals surface area contributed by atoms with Crippen molar-refractivity contribution < 1.29 is 18.3 Å². The quantitative estimate of drug-likeness (QED) is 0.328. The molecule has 0 bridgehead atoms. The number of likely N-dealkylation sites (tertiary alicyclic amines) is 1. The Morgan fingerprint density at radius 2 is 1.50 bits per heavy atom. The smallest absolute Gasteiger partial charge is 0.322 e. The molecule has 0 spiro atoms. The van der Waals surface area contributed by atoms with Crippen molar-refractivity contribution in [3.05, 3.63) is 95.6 Å². The minimum atomic E-state index is -0.259. The van der Waals surface area contributed by atoms with Gasteiger partial charge in [-0.15, -0.1) is 0 Å². The first-order chi connectivity index (χ1) is 18.5. The molecule has 0 saturated carbocycles. The molecule has 2 amide bonds. The van der Waals surface area contributed by atoms with Gasteiger partial charge in [-0.05, 0) is 98.8 Å². The van der Waals surface area contributed by atoms with E-state index in [1.807, 2.05) is 60.4 Å². The van der Waals surface area contributed by atoms with E-state index in [-0.39, 0.29) is 29.6 Å². The average molecular weight is 522 g/mol. The number of anilines is 1. The van der Waals surface area contributed by atoms with Gasteiger partial charge in [0.05, 0.1) is 7.11 Å². The molecule has 1 fully saturated rings. The third-order valence-corrected chi connectivity index (χ3v) is 7.33. The third-order valence-electron chi connectivity index (χ3n) is 7.33. The fourth-order valence-electron chi connectivity index (χ4n) is 5.31. The van der Waals surface area contributed by atoms with Crippen LogP contribution in [0.5, 0.6) is 5.75 Å². The van der Waals surface area contributed by atoms with Gasteiger partial charge in [-0.25, -0.2) is 13.6 Å². The van der Waals surface area contributed by atoms with Crippen LogP contribution in [0.2, 0.25) is 0 Å². The van der Waals surface area contributed by atoms with Gasteiger partial charge >= 0.3 is 6.03 Å². The van der Waals surface area contributed by atoms with Gasteiger partial charge < -0.3 is 15.0 Å². The summed E-state index contributed by atoms with van der Waals surface area (Å²) >= 11 is 0. The number of methoxy groups -OCH3 is 1. The molecule has 38 heavy (non-hydrogen) atoms. The monoisotopic (exact) mass is 521 g/mol. The summed E-state index contributed by atoms with van der Waals surface area (Å²) in [5, 5.41) is 2.96. The Labute approximate surface area is 224 Å². The van der Waals surface area contributed by atoms with Crippen molar-refractivity contribution in [1.29, 1.82) is 0 Å². The van der Waals surface area contributed by atoms with Crippen molar-refractivity contribution in [3.63, 3.8) is 0 Å². The minimum Gasteiger partial charge on any atom is -0.497 e. The molecule has 4 rings (SSSR count). The Bertz CT molecular complexity index is 1100. The molecule has 1 heterocycles. The Balaban J connectivity index is 1.36. The molecule has 202 valence electrons. The lowest BCUT2D eigenvalue weighted by molar-refractivity contribution is 0.200. The van der Waals surface area contributed by atoms with E-state index in [1.54, 1.807) is 7.11 Å². The molecule has 0 atom stereocenters. The lowest BCUT2D eigenvalue weighted by atomic mass is 9.87. The first-order valence-corrected chi connectivity index (χ1v) is 13.4. The van der Waals surface area contributed by atoms with Crippen LogP contribution in [-0.2, 0) is 0 Å². The zero-order chi connectivity index (χ0) is 26.9. The summed E-state index contributed by atoms with van der Waals surface area (Å²) in [5.41, 5.74) is 2.94. The number of nitrogens with zero attached hydrogens (tertiary/aromatic N) is 2. The van der Waals surface area contributed by atoms with Gasteiger partial charge in [0.1, 0.15) is 17.4 Å². The maximum absolute atomic E-state index is 13.5. The SMILES string of the molecule is CCNC(=O)N(c1ccc(OC)cc1)C1CCN(CCCC(c2ccc(F)cc2)c2ccc(F)cc2)CC1. The minimum absolute atomic E-state index is 0.0717. The van der Waals surface area contributed by atoms with Gasteiger partial charge in [0, 0.05) is 37.3 Å². The topological polar surface area (TPSA) is 44.8 Å². The van der Waals surface area contributed by atoms with Gasteiger partial charge in [0.2, 0.25) is 0 Å². The lowest BCUT2D eigenvalue weighted by Gasteiger charge is -2.38. The van der Waals surface area contributed by atoms with Crippen LogP contribution in [0, 0.1) is 11.6 Å². The van der Waals surface area contributed by atoms with E-state index in [1.165, 1.54) is 24.3 Å². The largest absolute Gasteiger partial charge is 0.497 e. The number of amides is 2. The molecule has 0 aliphatic carbocycles. The molecular formula is C31H37F2N3O2. The fraction of sp³-hybridized carbons (Fsp3) is 0.387. The van der Waals surface area contributed by atoms with E-state index in [0.29, 0.717) is 6.54 Å². The molecule has 3 aromatic rings. The van der Waals surface area contributed by atoms with Crippen LogP contribution in [0.4, 0.5) is 19.3 Å². The summed E-state index contributed by atoms with van der Waals surface area (Å²) in [6.07, 6.45) is 3.63.